The van der Waals surface area contributed by atoms with Crippen LogP contribution in [0.2, 0.25) is 0 Å². The Balaban J connectivity index is 5.29. The van der Waals surface area contributed by atoms with Gasteiger partial charge in [0.05, 0.1) is 26.4 Å². The predicted molar refractivity (Wildman–Crippen MR) is 423 cm³/mol. The molecule has 0 rings (SSSR count). The summed E-state index contributed by atoms with van der Waals surface area (Å²) in [6, 6.07) is 0. The first-order valence-corrected chi connectivity index (χ1v) is 45.8. The zero-order valence-electron chi connectivity index (χ0n) is 67.1. The van der Waals surface area contributed by atoms with E-state index in [1.807, 2.05) is 0 Å². The van der Waals surface area contributed by atoms with Crippen molar-refractivity contribution in [1.29, 1.82) is 0 Å². The average Bonchev–Trinajstić information content (AvgIpc) is 0.960. The van der Waals surface area contributed by atoms with E-state index in [0.717, 1.165) is 115 Å². The molecule has 17 nitrogen and oxygen atoms in total. The molecule has 0 aliphatic rings. The molecule has 3 N–H and O–H groups in total. The van der Waals surface area contributed by atoms with Crippen LogP contribution in [0.25, 0.3) is 0 Å². The van der Waals surface area contributed by atoms with Gasteiger partial charge in [0.15, 0.2) is 12.2 Å². The molecule has 0 radical (unpaired) electrons. The SMILES string of the molecule is CCCCCC/C=C\C=C/CCCCCCCC(=O)O[C@H](COC(=O)CCCCCCCCCCCC(C)C)COP(=O)(O)OC[C@H](O)COP(=O)(O)OC[C@@H](COC(=O)CCCCCCCCCCCCCCCCCCCC)OC(=O)CCCCCCCCCCCCCCCCCC(C)C. The summed E-state index contributed by atoms with van der Waals surface area (Å²) in [4.78, 5) is 73.1. The molecule has 0 heterocycles. The highest BCUT2D eigenvalue weighted by Gasteiger charge is 2.30. The highest BCUT2D eigenvalue weighted by molar-refractivity contribution is 7.47. The molecule has 0 saturated carbocycles. The van der Waals surface area contributed by atoms with Gasteiger partial charge in [-0.15, -0.1) is 0 Å². The van der Waals surface area contributed by atoms with Gasteiger partial charge in [-0.2, -0.15) is 0 Å². The number of esters is 4. The lowest BCUT2D eigenvalue weighted by molar-refractivity contribution is -0.161. The number of phosphoric ester groups is 2. The molecule has 0 aromatic carbocycles. The zero-order chi connectivity index (χ0) is 75.6. The number of aliphatic hydroxyl groups excluding tert-OH is 1. The van der Waals surface area contributed by atoms with E-state index in [-0.39, 0.29) is 25.7 Å². The van der Waals surface area contributed by atoms with E-state index < -0.39 is 97.5 Å². The van der Waals surface area contributed by atoms with Crippen LogP contribution in [-0.2, 0) is 65.4 Å². The summed E-state index contributed by atoms with van der Waals surface area (Å²) in [5.41, 5.74) is 0. The number of hydrogen-bond donors (Lipinski definition) is 3. The number of rotatable bonds is 81. The lowest BCUT2D eigenvalue weighted by Gasteiger charge is -2.21. The van der Waals surface area contributed by atoms with Crippen LogP contribution < -0.4 is 0 Å². The molecule has 0 aromatic rings. The Kier molecular flexibility index (Phi) is 73.2. The smallest absolute Gasteiger partial charge is 0.462 e. The van der Waals surface area contributed by atoms with Crippen LogP contribution in [-0.4, -0.2) is 96.7 Å². The molecule has 0 aliphatic heterocycles. The van der Waals surface area contributed by atoms with Gasteiger partial charge in [-0.3, -0.25) is 37.3 Å². The lowest BCUT2D eigenvalue weighted by Crippen LogP contribution is -2.30. The van der Waals surface area contributed by atoms with E-state index in [1.54, 1.807) is 0 Å². The van der Waals surface area contributed by atoms with Crippen molar-refractivity contribution in [2.75, 3.05) is 39.6 Å². The van der Waals surface area contributed by atoms with Gasteiger partial charge < -0.3 is 33.8 Å². The number of aliphatic hydroxyl groups is 1. The molecule has 103 heavy (non-hydrogen) atoms. The summed E-state index contributed by atoms with van der Waals surface area (Å²) >= 11 is 0. The summed E-state index contributed by atoms with van der Waals surface area (Å²) in [6.45, 7) is 9.59. The Bertz CT molecular complexity index is 2070. The van der Waals surface area contributed by atoms with Gasteiger partial charge in [-0.05, 0) is 63.2 Å². The zero-order valence-corrected chi connectivity index (χ0v) is 68.9. The van der Waals surface area contributed by atoms with Crippen molar-refractivity contribution in [2.45, 2.75) is 439 Å². The fourth-order valence-electron chi connectivity index (χ4n) is 12.5. The van der Waals surface area contributed by atoms with E-state index in [4.69, 9.17) is 37.0 Å². The Hall–Kier alpha value is -2.46. The third-order valence-electron chi connectivity index (χ3n) is 19.1. The van der Waals surface area contributed by atoms with Crippen LogP contribution >= 0.6 is 15.6 Å². The summed E-state index contributed by atoms with van der Waals surface area (Å²) < 4.78 is 68.8. The van der Waals surface area contributed by atoms with Crippen LogP contribution in [0.4, 0.5) is 0 Å². The second-order valence-corrected chi connectivity index (χ2v) is 33.4. The third kappa shape index (κ3) is 77.5. The summed E-state index contributed by atoms with van der Waals surface area (Å²) in [5.74, 6) is -0.593. The summed E-state index contributed by atoms with van der Waals surface area (Å²) in [6.07, 6.45) is 68.8. The Morgan fingerprint density at radius 3 is 0.796 bits per heavy atom. The van der Waals surface area contributed by atoms with Crippen molar-refractivity contribution in [1.82, 2.24) is 0 Å². The van der Waals surface area contributed by atoms with E-state index >= 15 is 0 Å². The van der Waals surface area contributed by atoms with Crippen molar-refractivity contribution >= 4 is 39.5 Å². The predicted octanol–water partition coefficient (Wildman–Crippen LogP) is 25.0. The lowest BCUT2D eigenvalue weighted by atomic mass is 10.0. The number of unbranched alkanes of at least 4 members (excludes halogenated alkanes) is 48. The molecule has 0 amide bonds. The quantitative estimate of drug-likeness (QED) is 0.0169. The number of ether oxygens (including phenoxy) is 4. The Morgan fingerprint density at radius 1 is 0.301 bits per heavy atom. The molecule has 0 saturated heterocycles. The average molecular weight is 1500 g/mol. The molecule has 0 bridgehead atoms. The molecule has 5 atom stereocenters. The maximum absolute atomic E-state index is 13.1. The van der Waals surface area contributed by atoms with Gasteiger partial charge in [0.2, 0.25) is 0 Å². The maximum atomic E-state index is 13.1. The number of allylic oxidation sites excluding steroid dienone is 4. The normalized spacial score (nSPS) is 14.0. The molecular formula is C84H160O17P2. The summed E-state index contributed by atoms with van der Waals surface area (Å²) in [5, 5.41) is 10.7. The number of hydrogen-bond acceptors (Lipinski definition) is 15. The van der Waals surface area contributed by atoms with Crippen LogP contribution in [0.5, 0.6) is 0 Å². The molecule has 2 unspecified atom stereocenters. The number of carbonyl (C=O) groups is 4. The van der Waals surface area contributed by atoms with E-state index in [0.29, 0.717) is 25.7 Å². The van der Waals surface area contributed by atoms with Crippen LogP contribution in [0.15, 0.2) is 24.3 Å². The largest absolute Gasteiger partial charge is 0.472 e. The fraction of sp³-hybridized carbons (Fsp3) is 0.905. The number of carbonyl (C=O) groups excluding carboxylic acids is 4. The minimum absolute atomic E-state index is 0.0849. The Labute approximate surface area is 631 Å². The van der Waals surface area contributed by atoms with Crippen molar-refractivity contribution < 1.29 is 80.2 Å². The second-order valence-electron chi connectivity index (χ2n) is 30.5. The minimum atomic E-state index is -4.97. The fourth-order valence-corrected chi connectivity index (χ4v) is 14.1. The monoisotopic (exact) mass is 1500 g/mol. The topological polar surface area (TPSA) is 237 Å². The van der Waals surface area contributed by atoms with Gasteiger partial charge in [-0.25, -0.2) is 9.13 Å². The van der Waals surface area contributed by atoms with Gasteiger partial charge in [0, 0.05) is 25.7 Å². The van der Waals surface area contributed by atoms with Crippen LogP contribution in [0.1, 0.15) is 420 Å². The first-order valence-electron chi connectivity index (χ1n) is 42.8. The minimum Gasteiger partial charge on any atom is -0.462 e. The first kappa shape index (κ1) is 101. The van der Waals surface area contributed by atoms with E-state index in [2.05, 4.69) is 65.8 Å². The van der Waals surface area contributed by atoms with Crippen molar-refractivity contribution in [3.05, 3.63) is 24.3 Å². The number of phosphoric acid groups is 2. The van der Waals surface area contributed by atoms with Crippen molar-refractivity contribution in [3.8, 4) is 0 Å². The highest BCUT2D eigenvalue weighted by atomic mass is 31.2. The van der Waals surface area contributed by atoms with Gasteiger partial charge >= 0.3 is 39.5 Å². The molecule has 608 valence electrons. The first-order chi connectivity index (χ1) is 49.9. The molecule has 19 heteroatoms. The van der Waals surface area contributed by atoms with Crippen molar-refractivity contribution in [3.63, 3.8) is 0 Å². The van der Waals surface area contributed by atoms with E-state index in [9.17, 15) is 43.2 Å². The van der Waals surface area contributed by atoms with Gasteiger partial charge in [0.25, 0.3) is 0 Å². The standard InChI is InChI=1S/C84H160O17P2/c1-7-9-11-13-15-17-19-21-23-24-25-29-32-36-42-48-54-60-66-81(86)94-72-79(100-84(89)69-63-57-51-44-38-34-30-26-28-31-35-40-46-52-58-64-76(3)4)74-98-102(90,91)96-70-78(85)71-97-103(92,93)99-75-80(73-95-82(87)67-61-55-49-45-39-41-47-53-59-65-77(5)6)101-83(88)68-62-56-50-43-37-33-27-22-20-18-16-14-12-10-8-2/h18,20,22,27,76-80,85H,7-17,19,21,23-26,28-75H2,1-6H3,(H,90,91)(H,92,93)/b20-18-,27-22-/t78-,79-,80-/m1/s1. The van der Waals surface area contributed by atoms with Gasteiger partial charge in [-0.1, -0.05) is 368 Å². The molecular weight excluding hydrogens is 1340 g/mol. The second kappa shape index (κ2) is 75.0. The van der Waals surface area contributed by atoms with Crippen LogP contribution in [0, 0.1) is 11.8 Å². The van der Waals surface area contributed by atoms with Crippen LogP contribution in [0.3, 0.4) is 0 Å². The molecule has 0 aromatic heterocycles. The summed E-state index contributed by atoms with van der Waals surface area (Å²) in [7, 11) is -9.94. The molecule has 0 fully saturated rings. The van der Waals surface area contributed by atoms with Gasteiger partial charge in [0.1, 0.15) is 19.3 Å². The van der Waals surface area contributed by atoms with Crippen molar-refractivity contribution in [2.24, 2.45) is 11.8 Å². The highest BCUT2D eigenvalue weighted by Crippen LogP contribution is 2.45. The molecule has 0 aliphatic carbocycles. The molecule has 0 spiro atoms. The maximum Gasteiger partial charge on any atom is 0.472 e. The Morgan fingerprint density at radius 2 is 0.524 bits per heavy atom. The van der Waals surface area contributed by atoms with E-state index in [1.165, 1.54) is 225 Å². The third-order valence-corrected chi connectivity index (χ3v) is 21.0.